The molecule has 0 unspecified atom stereocenters. The molecule has 1 heterocycles. The van der Waals surface area contributed by atoms with Gasteiger partial charge in [0.1, 0.15) is 10.0 Å². The van der Waals surface area contributed by atoms with E-state index < -0.39 is 0 Å². The summed E-state index contributed by atoms with van der Waals surface area (Å²) in [6, 6.07) is 0. The van der Waals surface area contributed by atoms with E-state index in [1.807, 2.05) is 0 Å². The second-order valence-electron chi connectivity index (χ2n) is 3.33. The molecule has 0 aliphatic rings. The summed E-state index contributed by atoms with van der Waals surface area (Å²) in [6.45, 7) is 8.36. The van der Waals surface area contributed by atoms with Gasteiger partial charge in [0.15, 0.2) is 0 Å². The van der Waals surface area contributed by atoms with Crippen LogP contribution in [0.1, 0.15) is 49.5 Å². The molecule has 4 heteroatoms. The predicted molar refractivity (Wildman–Crippen MR) is 60.6 cm³/mol. The summed E-state index contributed by atoms with van der Waals surface area (Å²) >= 11 is 1.75. The molecule has 0 fully saturated rings. The summed E-state index contributed by atoms with van der Waals surface area (Å²) in [4.78, 5) is 0. The summed E-state index contributed by atoms with van der Waals surface area (Å²) in [7, 11) is 0. The highest BCUT2D eigenvalue weighted by atomic mass is 32.1. The smallest absolute Gasteiger partial charge is 0.131 e. The Labute approximate surface area is 89.9 Å². The molecule has 1 N–H and O–H groups in total. The molecule has 1 rings (SSSR count). The third-order valence-corrected chi connectivity index (χ3v) is 3.43. The van der Waals surface area contributed by atoms with Crippen LogP contribution in [0.5, 0.6) is 0 Å². The molecule has 1 aromatic rings. The largest absolute Gasteiger partial charge is 0.311 e. The summed E-state index contributed by atoms with van der Waals surface area (Å²) in [6.07, 6.45) is 2.32. The maximum absolute atomic E-state index is 4.24. The lowest BCUT2D eigenvalue weighted by atomic mass is 10.1. The van der Waals surface area contributed by atoms with Gasteiger partial charge >= 0.3 is 0 Å². The monoisotopic (exact) mass is 213 g/mol. The van der Waals surface area contributed by atoms with Crippen LogP contribution in [0.3, 0.4) is 0 Å². The Morgan fingerprint density at radius 1 is 1.21 bits per heavy atom. The van der Waals surface area contributed by atoms with Gasteiger partial charge in [0.2, 0.25) is 0 Å². The van der Waals surface area contributed by atoms with Crippen molar-refractivity contribution in [2.24, 2.45) is 0 Å². The van der Waals surface area contributed by atoms with Crippen LogP contribution in [0.2, 0.25) is 0 Å². The van der Waals surface area contributed by atoms with Gasteiger partial charge in [-0.25, -0.2) is 0 Å². The number of aromatic nitrogens is 2. The summed E-state index contributed by atoms with van der Waals surface area (Å²) in [5.74, 6) is 0.600. The molecule has 0 bridgehead atoms. The van der Waals surface area contributed by atoms with E-state index in [-0.39, 0.29) is 0 Å². The second kappa shape index (κ2) is 6.09. The molecular weight excluding hydrogens is 194 g/mol. The van der Waals surface area contributed by atoms with Crippen molar-refractivity contribution >= 4 is 11.3 Å². The molecule has 0 spiro atoms. The minimum Gasteiger partial charge on any atom is -0.311 e. The minimum atomic E-state index is 0.600. The molecule has 0 aliphatic heterocycles. The van der Waals surface area contributed by atoms with Crippen LogP contribution in [0, 0.1) is 0 Å². The Kier molecular flexibility index (Phi) is 5.04. The number of rotatable bonds is 6. The molecule has 0 aromatic carbocycles. The Balaban J connectivity index is 2.57. The zero-order valence-electron chi connectivity index (χ0n) is 9.21. The Morgan fingerprint density at radius 2 is 1.93 bits per heavy atom. The standard InChI is InChI=1S/C10H19N3S/c1-4-8(5-2)10-13-12-9(14-10)7-11-6-3/h8,11H,4-7H2,1-3H3. The van der Waals surface area contributed by atoms with Crippen molar-refractivity contribution in [2.45, 2.75) is 46.1 Å². The number of nitrogens with zero attached hydrogens (tertiary/aromatic N) is 2. The van der Waals surface area contributed by atoms with E-state index in [9.17, 15) is 0 Å². The zero-order valence-corrected chi connectivity index (χ0v) is 10.0. The highest BCUT2D eigenvalue weighted by molar-refractivity contribution is 7.11. The molecule has 1 aromatic heterocycles. The number of hydrogen-bond acceptors (Lipinski definition) is 4. The zero-order chi connectivity index (χ0) is 10.4. The summed E-state index contributed by atoms with van der Waals surface area (Å²) < 4.78 is 0. The SMILES string of the molecule is CCNCc1nnc(C(CC)CC)s1. The molecule has 14 heavy (non-hydrogen) atoms. The molecule has 0 atom stereocenters. The number of nitrogens with one attached hydrogen (secondary N) is 1. The lowest BCUT2D eigenvalue weighted by molar-refractivity contribution is 0.628. The van der Waals surface area contributed by atoms with Gasteiger partial charge in [0, 0.05) is 12.5 Å². The first-order valence-corrected chi connectivity index (χ1v) is 6.16. The first-order valence-electron chi connectivity index (χ1n) is 5.34. The minimum absolute atomic E-state index is 0.600. The molecule has 0 radical (unpaired) electrons. The Hall–Kier alpha value is -0.480. The van der Waals surface area contributed by atoms with Gasteiger partial charge in [0.25, 0.3) is 0 Å². The first kappa shape index (κ1) is 11.6. The van der Waals surface area contributed by atoms with Gasteiger partial charge in [-0.3, -0.25) is 0 Å². The highest BCUT2D eigenvalue weighted by Crippen LogP contribution is 2.25. The van der Waals surface area contributed by atoms with Crippen LogP contribution in [0.15, 0.2) is 0 Å². The van der Waals surface area contributed by atoms with E-state index in [0.717, 1.165) is 30.9 Å². The van der Waals surface area contributed by atoms with Crippen LogP contribution in [0.25, 0.3) is 0 Å². The quantitative estimate of drug-likeness (QED) is 0.789. The van der Waals surface area contributed by atoms with Crippen LogP contribution in [-0.4, -0.2) is 16.7 Å². The maximum atomic E-state index is 4.24. The van der Waals surface area contributed by atoms with Crippen molar-refractivity contribution in [3.8, 4) is 0 Å². The fraction of sp³-hybridized carbons (Fsp3) is 0.800. The van der Waals surface area contributed by atoms with E-state index in [2.05, 4.69) is 36.3 Å². The lowest BCUT2D eigenvalue weighted by Crippen LogP contribution is -2.11. The van der Waals surface area contributed by atoms with Gasteiger partial charge in [-0.15, -0.1) is 10.2 Å². The Morgan fingerprint density at radius 3 is 2.50 bits per heavy atom. The van der Waals surface area contributed by atoms with Crippen molar-refractivity contribution in [3.05, 3.63) is 10.0 Å². The van der Waals surface area contributed by atoms with Gasteiger partial charge in [0.05, 0.1) is 0 Å². The topological polar surface area (TPSA) is 37.8 Å². The van der Waals surface area contributed by atoms with E-state index >= 15 is 0 Å². The van der Waals surface area contributed by atoms with Gasteiger partial charge < -0.3 is 5.32 Å². The van der Waals surface area contributed by atoms with Crippen molar-refractivity contribution in [2.75, 3.05) is 6.54 Å². The van der Waals surface area contributed by atoms with E-state index in [0.29, 0.717) is 5.92 Å². The van der Waals surface area contributed by atoms with Crippen LogP contribution in [-0.2, 0) is 6.54 Å². The van der Waals surface area contributed by atoms with Crippen LogP contribution < -0.4 is 5.32 Å². The second-order valence-corrected chi connectivity index (χ2v) is 4.42. The molecule has 80 valence electrons. The fourth-order valence-electron chi connectivity index (χ4n) is 1.37. The lowest BCUT2D eigenvalue weighted by Gasteiger charge is -2.05. The summed E-state index contributed by atoms with van der Waals surface area (Å²) in [5, 5.41) is 14.0. The molecular formula is C10H19N3S. The predicted octanol–water partition coefficient (Wildman–Crippen LogP) is 2.55. The van der Waals surface area contributed by atoms with Crippen molar-refractivity contribution in [1.29, 1.82) is 0 Å². The van der Waals surface area contributed by atoms with Crippen molar-refractivity contribution in [1.82, 2.24) is 15.5 Å². The van der Waals surface area contributed by atoms with Crippen molar-refractivity contribution < 1.29 is 0 Å². The average Bonchev–Trinajstić information content (AvgIpc) is 2.65. The maximum Gasteiger partial charge on any atom is 0.131 e. The fourth-order valence-corrected chi connectivity index (χ4v) is 2.45. The van der Waals surface area contributed by atoms with Crippen molar-refractivity contribution in [3.63, 3.8) is 0 Å². The normalized spacial score (nSPS) is 11.1. The first-order chi connectivity index (χ1) is 6.81. The molecule has 0 aliphatic carbocycles. The number of hydrogen-bond donors (Lipinski definition) is 1. The highest BCUT2D eigenvalue weighted by Gasteiger charge is 2.12. The van der Waals surface area contributed by atoms with E-state index in [4.69, 9.17) is 0 Å². The molecule has 0 saturated carbocycles. The third-order valence-electron chi connectivity index (χ3n) is 2.34. The molecule has 0 saturated heterocycles. The van der Waals surface area contributed by atoms with Crippen LogP contribution in [0.4, 0.5) is 0 Å². The molecule has 3 nitrogen and oxygen atoms in total. The average molecular weight is 213 g/mol. The summed E-state index contributed by atoms with van der Waals surface area (Å²) in [5.41, 5.74) is 0. The van der Waals surface area contributed by atoms with E-state index in [1.165, 1.54) is 5.01 Å². The third kappa shape index (κ3) is 3.03. The Bertz CT molecular complexity index is 256. The van der Waals surface area contributed by atoms with E-state index in [1.54, 1.807) is 11.3 Å². The van der Waals surface area contributed by atoms with Gasteiger partial charge in [-0.2, -0.15) is 0 Å². The van der Waals surface area contributed by atoms with Gasteiger partial charge in [-0.1, -0.05) is 32.1 Å². The van der Waals surface area contributed by atoms with Gasteiger partial charge in [-0.05, 0) is 19.4 Å². The molecule has 0 amide bonds. The van der Waals surface area contributed by atoms with Crippen LogP contribution >= 0.6 is 11.3 Å².